The van der Waals surface area contributed by atoms with Crippen molar-refractivity contribution in [2.24, 2.45) is 0 Å². The summed E-state index contributed by atoms with van der Waals surface area (Å²) in [5, 5.41) is 7.57. The molecular formula is C99H98N18O6. The van der Waals surface area contributed by atoms with Crippen LogP contribution in [0.15, 0.2) is 306 Å². The predicted molar refractivity (Wildman–Crippen MR) is 489 cm³/mol. The zero-order valence-electron chi connectivity index (χ0n) is 67.7. The van der Waals surface area contributed by atoms with Crippen molar-refractivity contribution < 1.29 is 14.7 Å². The number of aromatic nitrogens is 13. The fraction of sp³-hybridized carbons (Fsp3) is 0.212. The lowest BCUT2D eigenvalue weighted by atomic mass is 10.00. The maximum atomic E-state index is 12.6. The second kappa shape index (κ2) is 39.3. The number of benzene rings is 9. The van der Waals surface area contributed by atoms with Crippen LogP contribution in [0, 0.1) is 0 Å². The van der Waals surface area contributed by atoms with Crippen LogP contribution >= 0.6 is 0 Å². The number of ketones is 2. The Morgan fingerprint density at radius 1 is 0.350 bits per heavy atom. The summed E-state index contributed by atoms with van der Waals surface area (Å²) in [5.41, 5.74) is 32.7. The number of H-pyrrole nitrogens is 3. The zero-order chi connectivity index (χ0) is 83.8. The van der Waals surface area contributed by atoms with Crippen molar-refractivity contribution in [2.45, 2.75) is 90.6 Å². The fourth-order valence-electron chi connectivity index (χ4n) is 16.5. The van der Waals surface area contributed by atoms with Crippen LogP contribution in [0.2, 0.25) is 0 Å². The topological polar surface area (TPSA) is 320 Å². The number of nitrogens with one attached hydrogen (secondary N) is 3. The Hall–Kier alpha value is -14.3. The van der Waals surface area contributed by atoms with Crippen LogP contribution in [-0.4, -0.2) is 141 Å². The summed E-state index contributed by atoms with van der Waals surface area (Å²) in [6, 6.07) is 83.5. The standard InChI is InChI=1S/2C32H28N6O.C27H25N3O3.C5H7N3.C2H6O.CH4/c39-32-36-27-8-4-5-9-29(27)38(32)25-15-18-37(19-16-25)21-22-10-12-24(13-11-22)31-30(23-6-2-1-3-7-23)35-28-20-33-17-14-26(28)34-31;39-32-36-27-8-4-5-9-29(27)38(32)25-15-18-37(19-16-25)21-22-10-12-24(13-11-22)31-30(23-6-2-1-3-7-23)34-26-14-17-33-20-28(26)35-31;31-25(20-6-2-1-3-7-20)26(32)21-12-10-19(11-13-21)18-29-16-14-22(15-17-29)30-24-9-5-4-8-23(24)28-27(30)33;6-4-1-2-8-3-5(4)7;1-2-3;/h2*1-14,17,20,25H,15-16,18-19,21H2,(H,36,39);1-13,22H,14-18H2,(H,28,33);1-3H,7H2,(H2,6,8);3H,2H2,1H3;1H4. The Morgan fingerprint density at radius 3 is 0.967 bits per heavy atom. The van der Waals surface area contributed by atoms with E-state index in [2.05, 4.69) is 117 Å². The highest BCUT2D eigenvalue weighted by molar-refractivity contribution is 6.49. The Morgan fingerprint density at radius 2 is 0.634 bits per heavy atom. The largest absolute Gasteiger partial charge is 0.397 e. The van der Waals surface area contributed by atoms with Crippen molar-refractivity contribution in [1.82, 2.24) is 78.2 Å². The van der Waals surface area contributed by atoms with E-state index in [0.29, 0.717) is 22.5 Å². The Labute approximate surface area is 711 Å². The van der Waals surface area contributed by atoms with Gasteiger partial charge in [-0.25, -0.2) is 34.3 Å². The third kappa shape index (κ3) is 19.6. The minimum absolute atomic E-state index is 0. The summed E-state index contributed by atoms with van der Waals surface area (Å²) in [6.45, 7) is 10.1. The molecule has 123 heavy (non-hydrogen) atoms. The minimum atomic E-state index is -0.488. The maximum absolute atomic E-state index is 12.6. The monoisotopic (exact) mass is 1630 g/mol. The quantitative estimate of drug-likeness (QED) is 0.0387. The molecule has 0 aliphatic carbocycles. The summed E-state index contributed by atoms with van der Waals surface area (Å²) < 4.78 is 5.80. The van der Waals surface area contributed by atoms with Crippen LogP contribution in [0.4, 0.5) is 11.4 Å². The zero-order valence-corrected chi connectivity index (χ0v) is 67.7. The van der Waals surface area contributed by atoms with Crippen molar-refractivity contribution in [2.75, 3.05) is 57.3 Å². The molecule has 0 bridgehead atoms. The number of Topliss-reactive ketones (excluding diaryl/α,β-unsaturated/α-hetero) is 2. The summed E-state index contributed by atoms with van der Waals surface area (Å²) in [6.07, 6.45) is 15.8. The number of aromatic amines is 3. The van der Waals surface area contributed by atoms with E-state index < -0.39 is 11.6 Å². The van der Waals surface area contributed by atoms with Crippen LogP contribution in [0.3, 0.4) is 0 Å². The first kappa shape index (κ1) is 83.7. The normalized spacial score (nSPS) is 14.1. The van der Waals surface area contributed by atoms with E-state index in [0.717, 1.165) is 203 Å². The Kier molecular flexibility index (Phi) is 26.7. The number of carbonyl (C=O) groups is 2. The summed E-state index contributed by atoms with van der Waals surface area (Å²) in [4.78, 5) is 111. The molecule has 0 saturated carbocycles. The van der Waals surface area contributed by atoms with E-state index in [9.17, 15) is 24.0 Å². The van der Waals surface area contributed by atoms with Gasteiger partial charge < -0.3 is 31.5 Å². The molecule has 11 heterocycles. The highest BCUT2D eigenvalue weighted by atomic mass is 16.2. The first-order chi connectivity index (χ1) is 59.8. The minimum Gasteiger partial charge on any atom is -0.397 e. The first-order valence-corrected chi connectivity index (χ1v) is 41.3. The molecule has 0 amide bonds. The van der Waals surface area contributed by atoms with E-state index in [1.807, 2.05) is 153 Å². The first-order valence-electron chi connectivity index (χ1n) is 41.3. The molecule has 3 aliphatic heterocycles. The van der Waals surface area contributed by atoms with Gasteiger partial charge in [-0.3, -0.25) is 52.9 Å². The van der Waals surface area contributed by atoms with Crippen LogP contribution in [0.5, 0.6) is 0 Å². The van der Waals surface area contributed by atoms with Crippen molar-refractivity contribution in [3.05, 3.63) is 351 Å². The lowest BCUT2D eigenvalue weighted by Gasteiger charge is -2.32. The number of para-hydroxylation sites is 6. The number of fused-ring (bicyclic) bond motifs is 5. The lowest BCUT2D eigenvalue weighted by molar-refractivity contribution is 0.0817. The number of aliphatic hydroxyl groups is 1. The second-order valence-electron chi connectivity index (χ2n) is 30.7. The molecule has 20 rings (SSSR count). The Bertz CT molecular complexity index is 6340. The molecule has 0 radical (unpaired) electrons. The molecule has 3 fully saturated rings. The SMILES string of the molecule is C.CCO.Nc1ccncc1N.O=C(C(=O)c1ccc(CN2CCC(n3c(=O)[nH]c4ccccc43)CC2)cc1)c1ccccc1.O=c1[nH]c2ccccc2n1C1CCN(Cc2ccc(-c3nc4ccncc4nc3-c3ccccc3)cc2)CC1.O=c1[nH]c2ccccc2n1C1CCN(Cc2ccc(-c3nc4cnccc4nc3-c3ccccc3)cc2)CC1. The molecule has 8 N–H and O–H groups in total. The van der Waals surface area contributed by atoms with Crippen molar-refractivity contribution in [1.29, 1.82) is 0 Å². The summed E-state index contributed by atoms with van der Waals surface area (Å²) in [7, 11) is 0. The highest BCUT2D eigenvalue weighted by Crippen LogP contribution is 2.36. The highest BCUT2D eigenvalue weighted by Gasteiger charge is 2.28. The molecule has 17 aromatic rings. The second-order valence-corrected chi connectivity index (χ2v) is 30.7. The molecule has 8 aromatic heterocycles. The fourth-order valence-corrected chi connectivity index (χ4v) is 16.5. The van der Waals surface area contributed by atoms with Crippen molar-refractivity contribution >= 4 is 78.1 Å². The van der Waals surface area contributed by atoms with Crippen LogP contribution < -0.4 is 28.5 Å². The van der Waals surface area contributed by atoms with Gasteiger partial charge in [0.1, 0.15) is 11.0 Å². The molecule has 0 atom stereocenters. The van der Waals surface area contributed by atoms with Gasteiger partial charge >= 0.3 is 17.1 Å². The van der Waals surface area contributed by atoms with Gasteiger partial charge in [-0.05, 0) is 117 Å². The van der Waals surface area contributed by atoms with Gasteiger partial charge in [-0.15, -0.1) is 0 Å². The van der Waals surface area contributed by atoms with E-state index in [1.54, 1.807) is 80.4 Å². The smallest absolute Gasteiger partial charge is 0.326 e. The number of nitrogen functional groups attached to an aromatic ring is 2. The number of imidazole rings is 3. The molecule has 0 unspecified atom stereocenters. The lowest BCUT2D eigenvalue weighted by Crippen LogP contribution is -2.36. The third-order valence-electron chi connectivity index (χ3n) is 22.7. The van der Waals surface area contributed by atoms with Gasteiger partial charge in [0.2, 0.25) is 11.6 Å². The van der Waals surface area contributed by atoms with E-state index >= 15 is 0 Å². The van der Waals surface area contributed by atoms with Crippen molar-refractivity contribution in [3.63, 3.8) is 0 Å². The number of piperidine rings is 3. The van der Waals surface area contributed by atoms with Crippen LogP contribution in [0.25, 0.3) is 100 Å². The number of carbonyl (C=O) groups excluding carboxylic acids is 2. The predicted octanol–water partition coefficient (Wildman–Crippen LogP) is 16.8. The van der Waals surface area contributed by atoms with E-state index in [-0.39, 0.29) is 49.2 Å². The Balaban J connectivity index is 0.000000134. The van der Waals surface area contributed by atoms with Gasteiger partial charge in [0.25, 0.3) is 0 Å². The third-order valence-corrected chi connectivity index (χ3v) is 22.7. The molecule has 24 nitrogen and oxygen atoms in total. The molecule has 24 heteroatoms. The number of nitrogens with zero attached hydrogens (tertiary/aromatic N) is 13. The number of anilines is 2. The molecule has 0 spiro atoms. The van der Waals surface area contributed by atoms with Crippen LogP contribution in [-0.2, 0) is 19.6 Å². The van der Waals surface area contributed by atoms with E-state index in [1.165, 1.54) is 17.3 Å². The van der Waals surface area contributed by atoms with Crippen molar-refractivity contribution in [3.8, 4) is 45.0 Å². The number of hydrogen-bond acceptors (Lipinski definition) is 18. The van der Waals surface area contributed by atoms with Gasteiger partial charge in [0.05, 0.1) is 96.9 Å². The van der Waals surface area contributed by atoms with Gasteiger partial charge in [0, 0.05) is 136 Å². The van der Waals surface area contributed by atoms with Gasteiger partial charge in [0.15, 0.2) is 0 Å². The molecule has 620 valence electrons. The summed E-state index contributed by atoms with van der Waals surface area (Å²) >= 11 is 0. The number of nitrogens with two attached hydrogens (primary N) is 2. The molecular weight excluding hydrogens is 1540 g/mol. The maximum Gasteiger partial charge on any atom is 0.326 e. The molecule has 3 saturated heterocycles. The number of hydrogen-bond donors (Lipinski definition) is 6. The van der Waals surface area contributed by atoms with Gasteiger partial charge in [-0.2, -0.15) is 0 Å². The number of rotatable bonds is 16. The average molecular weight is 1640 g/mol. The average Bonchev–Trinajstić information content (AvgIpc) is 1.35. The number of aliphatic hydroxyl groups excluding tert-OH is 1. The van der Waals surface area contributed by atoms with Crippen LogP contribution in [0.1, 0.15) is 108 Å². The number of pyridine rings is 3. The van der Waals surface area contributed by atoms with E-state index in [4.69, 9.17) is 36.5 Å². The summed E-state index contributed by atoms with van der Waals surface area (Å²) in [5.74, 6) is -0.976. The number of likely N-dealkylation sites (tertiary alicyclic amines) is 3. The van der Waals surface area contributed by atoms with Gasteiger partial charge in [-0.1, -0.05) is 208 Å². The molecule has 3 aliphatic rings. The molecule has 9 aromatic carbocycles.